The summed E-state index contributed by atoms with van der Waals surface area (Å²) in [7, 11) is 0. The minimum absolute atomic E-state index is 0.00147. The van der Waals surface area contributed by atoms with E-state index < -0.39 is 5.97 Å². The van der Waals surface area contributed by atoms with Crippen molar-refractivity contribution in [2.24, 2.45) is 0 Å². The molecule has 0 unspecified atom stereocenters. The lowest BCUT2D eigenvalue weighted by Gasteiger charge is -2.26. The molecule has 0 aliphatic carbocycles. The van der Waals surface area contributed by atoms with Crippen LogP contribution in [0.2, 0.25) is 5.02 Å². The summed E-state index contributed by atoms with van der Waals surface area (Å²) in [6.45, 7) is 10.8. The Hall–Kier alpha value is -1.85. The Labute approximate surface area is 154 Å². The number of rotatable bonds is 6. The second-order valence-corrected chi connectivity index (χ2v) is 7.95. The number of aliphatic carboxylic acids is 1. The van der Waals surface area contributed by atoms with Crippen molar-refractivity contribution in [2.45, 2.75) is 52.6 Å². The van der Waals surface area contributed by atoms with Crippen LogP contribution in [0, 0.1) is 0 Å². The standard InChI is InChI=1S/C19H26ClN3O2/c1-13(2)22(12-17(24)25)10-14-11-23(21-18(14)19(3,4)5)16-9-7-6-8-15(16)20/h6-9,11,13H,10,12H2,1-5H3,(H,24,25). The SMILES string of the molecule is CC(C)N(CC(=O)O)Cc1cn(-c2ccccc2Cl)nc1C(C)(C)C. The molecule has 0 aliphatic rings. The van der Waals surface area contributed by atoms with Crippen LogP contribution in [-0.2, 0) is 16.8 Å². The molecular weight excluding hydrogens is 338 g/mol. The summed E-state index contributed by atoms with van der Waals surface area (Å²) in [4.78, 5) is 13.1. The van der Waals surface area contributed by atoms with Crippen LogP contribution < -0.4 is 0 Å². The first-order valence-corrected chi connectivity index (χ1v) is 8.77. The highest BCUT2D eigenvalue weighted by atomic mass is 35.5. The van der Waals surface area contributed by atoms with E-state index in [4.69, 9.17) is 16.7 Å². The van der Waals surface area contributed by atoms with Gasteiger partial charge in [0.2, 0.25) is 0 Å². The molecule has 0 saturated heterocycles. The molecule has 25 heavy (non-hydrogen) atoms. The van der Waals surface area contributed by atoms with Gasteiger partial charge in [0.05, 0.1) is 22.9 Å². The molecule has 0 spiro atoms. The van der Waals surface area contributed by atoms with E-state index in [1.54, 1.807) is 4.68 Å². The van der Waals surface area contributed by atoms with Gasteiger partial charge < -0.3 is 5.11 Å². The highest BCUT2D eigenvalue weighted by Gasteiger charge is 2.25. The molecule has 0 fully saturated rings. The Morgan fingerprint density at radius 3 is 2.48 bits per heavy atom. The van der Waals surface area contributed by atoms with Gasteiger partial charge in [0, 0.05) is 29.8 Å². The molecule has 1 aromatic heterocycles. The number of para-hydroxylation sites is 1. The number of aromatic nitrogens is 2. The summed E-state index contributed by atoms with van der Waals surface area (Å²) in [5.41, 5.74) is 2.62. The van der Waals surface area contributed by atoms with Gasteiger partial charge in [-0.05, 0) is 26.0 Å². The van der Waals surface area contributed by atoms with Gasteiger partial charge in [-0.15, -0.1) is 0 Å². The highest BCUT2D eigenvalue weighted by Crippen LogP contribution is 2.28. The van der Waals surface area contributed by atoms with E-state index in [0.29, 0.717) is 11.6 Å². The van der Waals surface area contributed by atoms with E-state index in [1.807, 2.05) is 49.2 Å². The van der Waals surface area contributed by atoms with Gasteiger partial charge in [0.1, 0.15) is 0 Å². The summed E-state index contributed by atoms with van der Waals surface area (Å²) in [5.74, 6) is -0.829. The summed E-state index contributed by atoms with van der Waals surface area (Å²) >= 11 is 6.31. The Balaban J connectivity index is 2.46. The quantitative estimate of drug-likeness (QED) is 0.838. The van der Waals surface area contributed by atoms with E-state index >= 15 is 0 Å². The lowest BCUT2D eigenvalue weighted by Crippen LogP contribution is -2.35. The molecule has 1 heterocycles. The van der Waals surface area contributed by atoms with Crippen molar-refractivity contribution in [1.29, 1.82) is 0 Å². The molecular formula is C19H26ClN3O2. The molecule has 0 aliphatic heterocycles. The van der Waals surface area contributed by atoms with Crippen molar-refractivity contribution in [3.05, 3.63) is 46.7 Å². The zero-order chi connectivity index (χ0) is 18.8. The fourth-order valence-corrected chi connectivity index (χ4v) is 2.95. The molecule has 2 aromatic rings. The third kappa shape index (κ3) is 4.83. The zero-order valence-corrected chi connectivity index (χ0v) is 16.2. The van der Waals surface area contributed by atoms with Crippen molar-refractivity contribution in [3.63, 3.8) is 0 Å². The molecule has 0 saturated carbocycles. The molecule has 1 aromatic carbocycles. The van der Waals surface area contributed by atoms with Gasteiger partial charge in [-0.1, -0.05) is 44.5 Å². The van der Waals surface area contributed by atoms with Crippen LogP contribution in [-0.4, -0.2) is 38.3 Å². The van der Waals surface area contributed by atoms with E-state index in [9.17, 15) is 9.90 Å². The smallest absolute Gasteiger partial charge is 0.317 e. The normalized spacial score (nSPS) is 12.2. The molecule has 0 bridgehead atoms. The van der Waals surface area contributed by atoms with Gasteiger partial charge in [-0.2, -0.15) is 5.10 Å². The predicted octanol–water partition coefficient (Wildman–Crippen LogP) is 4.12. The summed E-state index contributed by atoms with van der Waals surface area (Å²) in [6, 6.07) is 7.67. The molecule has 0 radical (unpaired) electrons. The second-order valence-electron chi connectivity index (χ2n) is 7.54. The summed E-state index contributed by atoms with van der Waals surface area (Å²) < 4.78 is 1.79. The van der Waals surface area contributed by atoms with Crippen molar-refractivity contribution in [3.8, 4) is 5.69 Å². The van der Waals surface area contributed by atoms with Crippen molar-refractivity contribution >= 4 is 17.6 Å². The van der Waals surface area contributed by atoms with E-state index in [0.717, 1.165) is 16.9 Å². The van der Waals surface area contributed by atoms with Gasteiger partial charge in [-0.25, -0.2) is 4.68 Å². The van der Waals surface area contributed by atoms with Crippen LogP contribution in [0.5, 0.6) is 0 Å². The third-order valence-electron chi connectivity index (χ3n) is 4.04. The van der Waals surface area contributed by atoms with E-state index in [1.165, 1.54) is 0 Å². The number of nitrogens with zero attached hydrogens (tertiary/aromatic N) is 3. The topological polar surface area (TPSA) is 58.4 Å². The predicted molar refractivity (Wildman–Crippen MR) is 100 cm³/mol. The van der Waals surface area contributed by atoms with Crippen molar-refractivity contribution in [2.75, 3.05) is 6.54 Å². The van der Waals surface area contributed by atoms with E-state index in [2.05, 4.69) is 20.8 Å². The Morgan fingerprint density at radius 1 is 1.32 bits per heavy atom. The minimum Gasteiger partial charge on any atom is -0.480 e. The monoisotopic (exact) mass is 363 g/mol. The zero-order valence-electron chi connectivity index (χ0n) is 15.5. The van der Waals surface area contributed by atoms with Gasteiger partial charge >= 0.3 is 5.97 Å². The molecule has 2 rings (SSSR count). The second kappa shape index (κ2) is 7.58. The maximum atomic E-state index is 11.2. The number of halogens is 1. The first kappa shape index (κ1) is 19.5. The fraction of sp³-hybridized carbons (Fsp3) is 0.474. The van der Waals surface area contributed by atoms with Crippen molar-refractivity contribution in [1.82, 2.24) is 14.7 Å². The number of carboxylic acids is 1. The van der Waals surface area contributed by atoms with Gasteiger partial charge in [0.15, 0.2) is 0 Å². The largest absolute Gasteiger partial charge is 0.480 e. The lowest BCUT2D eigenvalue weighted by atomic mass is 9.89. The van der Waals surface area contributed by atoms with Gasteiger partial charge in [-0.3, -0.25) is 9.69 Å². The molecule has 1 N–H and O–H groups in total. The number of carbonyl (C=O) groups is 1. The van der Waals surface area contributed by atoms with Gasteiger partial charge in [0.25, 0.3) is 0 Å². The highest BCUT2D eigenvalue weighted by molar-refractivity contribution is 6.32. The van der Waals surface area contributed by atoms with Crippen LogP contribution in [0.25, 0.3) is 5.69 Å². The Morgan fingerprint density at radius 2 is 1.96 bits per heavy atom. The number of hydrogen-bond donors (Lipinski definition) is 1. The first-order valence-electron chi connectivity index (χ1n) is 8.39. The fourth-order valence-electron chi connectivity index (χ4n) is 2.73. The minimum atomic E-state index is -0.829. The summed E-state index contributed by atoms with van der Waals surface area (Å²) in [5, 5.41) is 14.6. The average molecular weight is 364 g/mol. The molecule has 0 amide bonds. The van der Waals surface area contributed by atoms with Crippen LogP contribution >= 0.6 is 11.6 Å². The Bertz CT molecular complexity index is 747. The Kier molecular flexibility index (Phi) is 5.91. The molecule has 136 valence electrons. The summed E-state index contributed by atoms with van der Waals surface area (Å²) in [6.07, 6.45) is 1.96. The number of hydrogen-bond acceptors (Lipinski definition) is 3. The maximum absolute atomic E-state index is 11.2. The van der Waals surface area contributed by atoms with Crippen LogP contribution in [0.15, 0.2) is 30.5 Å². The molecule has 0 atom stereocenters. The first-order chi connectivity index (χ1) is 11.6. The third-order valence-corrected chi connectivity index (χ3v) is 4.36. The lowest BCUT2D eigenvalue weighted by molar-refractivity contribution is -0.138. The van der Waals surface area contributed by atoms with Crippen LogP contribution in [0.3, 0.4) is 0 Å². The molecule has 5 nitrogen and oxygen atoms in total. The van der Waals surface area contributed by atoms with E-state index in [-0.39, 0.29) is 18.0 Å². The van der Waals surface area contributed by atoms with Crippen LogP contribution in [0.1, 0.15) is 45.9 Å². The molecule has 6 heteroatoms. The average Bonchev–Trinajstić information content (AvgIpc) is 2.90. The number of benzene rings is 1. The number of carboxylic acid groups (broad SMARTS) is 1. The maximum Gasteiger partial charge on any atom is 0.317 e. The van der Waals surface area contributed by atoms with Crippen molar-refractivity contribution < 1.29 is 9.90 Å². The van der Waals surface area contributed by atoms with Crippen LogP contribution in [0.4, 0.5) is 0 Å².